The number of rotatable bonds is 9. The largest absolute Gasteiger partial charge is 0.491 e. The van der Waals surface area contributed by atoms with E-state index in [1.54, 1.807) is 0 Å². The zero-order valence-corrected chi connectivity index (χ0v) is 15.3. The number of halogens is 2. The van der Waals surface area contributed by atoms with Crippen molar-refractivity contribution in [2.75, 3.05) is 19.8 Å². The summed E-state index contributed by atoms with van der Waals surface area (Å²) in [6, 6.07) is 4.36. The molecule has 5 heteroatoms. The fraction of sp³-hybridized carbons (Fsp3) is 0.600. The lowest BCUT2D eigenvalue weighted by molar-refractivity contribution is 0.130. The number of ether oxygens (including phenoxy) is 2. The van der Waals surface area contributed by atoms with Crippen LogP contribution in [-0.4, -0.2) is 25.9 Å². The monoisotopic (exact) mass is 407 g/mol. The van der Waals surface area contributed by atoms with Crippen LogP contribution in [0, 0.1) is 0 Å². The van der Waals surface area contributed by atoms with Gasteiger partial charge in [-0.05, 0) is 69.3 Å². The van der Waals surface area contributed by atoms with E-state index in [-0.39, 0.29) is 6.04 Å². The van der Waals surface area contributed by atoms with Crippen molar-refractivity contribution >= 4 is 31.9 Å². The summed E-state index contributed by atoms with van der Waals surface area (Å²) in [4.78, 5) is 0. The summed E-state index contributed by atoms with van der Waals surface area (Å²) in [6.07, 6.45) is 2.73. The molecule has 1 atom stereocenters. The first-order valence-corrected chi connectivity index (χ1v) is 8.61. The van der Waals surface area contributed by atoms with Crippen LogP contribution in [0.25, 0.3) is 0 Å². The maximum absolute atomic E-state index is 5.99. The van der Waals surface area contributed by atoms with Crippen LogP contribution in [0.4, 0.5) is 0 Å². The van der Waals surface area contributed by atoms with E-state index in [0.717, 1.165) is 47.2 Å². The first kappa shape index (κ1) is 18.0. The van der Waals surface area contributed by atoms with Gasteiger partial charge in [0.25, 0.3) is 0 Å². The Bertz CT molecular complexity index is 390. The van der Waals surface area contributed by atoms with Gasteiger partial charge in [0.05, 0.1) is 15.6 Å². The second-order valence-corrected chi connectivity index (χ2v) is 6.37. The van der Waals surface area contributed by atoms with Gasteiger partial charge in [-0.2, -0.15) is 0 Å². The Morgan fingerprint density at radius 2 is 1.80 bits per heavy atom. The first-order chi connectivity index (χ1) is 9.58. The minimum atomic E-state index is 0.201. The lowest BCUT2D eigenvalue weighted by atomic mass is 10.0. The Kier molecular flexibility index (Phi) is 8.77. The fourth-order valence-electron chi connectivity index (χ4n) is 1.79. The van der Waals surface area contributed by atoms with Crippen molar-refractivity contribution in [3.05, 3.63) is 26.6 Å². The summed E-state index contributed by atoms with van der Waals surface area (Å²) in [7, 11) is 0. The number of benzene rings is 1. The predicted octanol–water partition coefficient (Wildman–Crippen LogP) is 4.30. The molecule has 114 valence electrons. The van der Waals surface area contributed by atoms with Crippen LogP contribution in [0.5, 0.6) is 5.75 Å². The highest BCUT2D eigenvalue weighted by Crippen LogP contribution is 2.35. The second kappa shape index (κ2) is 9.77. The van der Waals surface area contributed by atoms with Crippen molar-refractivity contribution in [2.45, 2.75) is 39.2 Å². The van der Waals surface area contributed by atoms with Crippen molar-refractivity contribution in [2.24, 2.45) is 5.73 Å². The molecule has 0 saturated carbocycles. The maximum Gasteiger partial charge on any atom is 0.147 e. The smallest absolute Gasteiger partial charge is 0.147 e. The van der Waals surface area contributed by atoms with Gasteiger partial charge in [-0.15, -0.1) is 0 Å². The van der Waals surface area contributed by atoms with E-state index in [0.29, 0.717) is 6.61 Å². The van der Waals surface area contributed by atoms with Crippen LogP contribution < -0.4 is 10.5 Å². The number of nitrogens with two attached hydrogens (primary N) is 1. The SMILES string of the molecule is CCOCCCOc1c(Br)cc(CC(N)CC)cc1Br. The average Bonchev–Trinajstić information content (AvgIpc) is 2.41. The molecule has 1 aromatic carbocycles. The molecule has 0 aliphatic heterocycles. The molecular weight excluding hydrogens is 386 g/mol. The molecule has 1 rings (SSSR count). The van der Waals surface area contributed by atoms with Crippen LogP contribution in [0.1, 0.15) is 32.3 Å². The highest BCUT2D eigenvalue weighted by Gasteiger charge is 2.10. The molecule has 0 aliphatic rings. The van der Waals surface area contributed by atoms with E-state index in [1.807, 2.05) is 6.92 Å². The zero-order chi connectivity index (χ0) is 15.0. The van der Waals surface area contributed by atoms with Crippen LogP contribution in [0.3, 0.4) is 0 Å². The highest BCUT2D eigenvalue weighted by atomic mass is 79.9. The third-order valence-corrected chi connectivity index (χ3v) is 4.14. The summed E-state index contributed by atoms with van der Waals surface area (Å²) < 4.78 is 13.0. The molecule has 1 aromatic rings. The fourth-order valence-corrected chi connectivity index (χ4v) is 3.30. The summed E-state index contributed by atoms with van der Waals surface area (Å²) in [5.41, 5.74) is 7.20. The molecule has 2 N–H and O–H groups in total. The Hall–Kier alpha value is -0.100. The van der Waals surface area contributed by atoms with Crippen LogP contribution in [-0.2, 0) is 11.2 Å². The van der Waals surface area contributed by atoms with Crippen LogP contribution in [0.15, 0.2) is 21.1 Å². The normalized spacial score (nSPS) is 12.4. The summed E-state index contributed by atoms with van der Waals surface area (Å²) in [5, 5.41) is 0. The molecule has 0 spiro atoms. The molecule has 0 aromatic heterocycles. The molecule has 0 radical (unpaired) electrons. The zero-order valence-electron chi connectivity index (χ0n) is 12.1. The molecule has 0 saturated heterocycles. The van der Waals surface area contributed by atoms with E-state index < -0.39 is 0 Å². The van der Waals surface area contributed by atoms with Gasteiger partial charge >= 0.3 is 0 Å². The number of hydrogen-bond acceptors (Lipinski definition) is 3. The lowest BCUT2D eigenvalue weighted by Crippen LogP contribution is -2.21. The van der Waals surface area contributed by atoms with Crippen LogP contribution >= 0.6 is 31.9 Å². The van der Waals surface area contributed by atoms with E-state index in [4.69, 9.17) is 15.2 Å². The van der Waals surface area contributed by atoms with E-state index in [1.165, 1.54) is 5.56 Å². The van der Waals surface area contributed by atoms with Gasteiger partial charge in [0.15, 0.2) is 0 Å². The van der Waals surface area contributed by atoms with Crippen molar-refractivity contribution in [3.63, 3.8) is 0 Å². The molecule has 0 heterocycles. The Morgan fingerprint density at radius 1 is 1.15 bits per heavy atom. The second-order valence-electron chi connectivity index (χ2n) is 4.66. The molecular formula is C15H23Br2NO2. The quantitative estimate of drug-likeness (QED) is 0.619. The topological polar surface area (TPSA) is 44.5 Å². The van der Waals surface area contributed by atoms with Gasteiger partial charge in [0, 0.05) is 25.7 Å². The summed E-state index contributed by atoms with van der Waals surface area (Å²) in [5.74, 6) is 0.843. The molecule has 0 aliphatic carbocycles. The Morgan fingerprint density at radius 3 is 2.35 bits per heavy atom. The van der Waals surface area contributed by atoms with Crippen LogP contribution in [0.2, 0.25) is 0 Å². The number of hydrogen-bond donors (Lipinski definition) is 1. The van der Waals surface area contributed by atoms with Gasteiger partial charge in [-0.1, -0.05) is 6.92 Å². The van der Waals surface area contributed by atoms with Crippen molar-refractivity contribution < 1.29 is 9.47 Å². The molecule has 1 unspecified atom stereocenters. The van der Waals surface area contributed by atoms with E-state index in [9.17, 15) is 0 Å². The van der Waals surface area contributed by atoms with Crippen molar-refractivity contribution in [3.8, 4) is 5.75 Å². The molecule has 3 nitrogen and oxygen atoms in total. The van der Waals surface area contributed by atoms with Gasteiger partial charge < -0.3 is 15.2 Å². The molecule has 0 fully saturated rings. The van der Waals surface area contributed by atoms with Crippen molar-refractivity contribution in [1.29, 1.82) is 0 Å². The third kappa shape index (κ3) is 6.12. The summed E-state index contributed by atoms with van der Waals surface area (Å²) in [6.45, 7) is 6.22. The molecule has 0 bridgehead atoms. The van der Waals surface area contributed by atoms with E-state index >= 15 is 0 Å². The van der Waals surface area contributed by atoms with E-state index in [2.05, 4.69) is 50.9 Å². The standard InChI is InChI=1S/C15H23Br2NO2/c1-3-12(18)8-11-9-13(16)15(14(17)10-11)20-7-5-6-19-4-2/h9-10,12H,3-8,18H2,1-2H3. The predicted molar refractivity (Wildman–Crippen MR) is 90.4 cm³/mol. The van der Waals surface area contributed by atoms with Gasteiger partial charge in [-0.3, -0.25) is 0 Å². The first-order valence-electron chi connectivity index (χ1n) is 7.02. The van der Waals surface area contributed by atoms with Gasteiger partial charge in [0.2, 0.25) is 0 Å². The van der Waals surface area contributed by atoms with Crippen molar-refractivity contribution in [1.82, 2.24) is 0 Å². The Balaban J connectivity index is 2.59. The average molecular weight is 409 g/mol. The third-order valence-electron chi connectivity index (χ3n) is 2.96. The molecule has 20 heavy (non-hydrogen) atoms. The highest BCUT2D eigenvalue weighted by molar-refractivity contribution is 9.11. The molecule has 0 amide bonds. The maximum atomic E-state index is 5.99. The van der Waals surface area contributed by atoms with Gasteiger partial charge in [-0.25, -0.2) is 0 Å². The Labute approximate surface area is 138 Å². The lowest BCUT2D eigenvalue weighted by Gasteiger charge is -2.14. The van der Waals surface area contributed by atoms with Gasteiger partial charge in [0.1, 0.15) is 5.75 Å². The summed E-state index contributed by atoms with van der Waals surface area (Å²) >= 11 is 7.13. The minimum absolute atomic E-state index is 0.201. The minimum Gasteiger partial charge on any atom is -0.491 e.